The van der Waals surface area contributed by atoms with Gasteiger partial charge in [0.2, 0.25) is 0 Å². The molecule has 3 aromatic rings. The zero-order valence-corrected chi connectivity index (χ0v) is 16.8. The van der Waals surface area contributed by atoms with Gasteiger partial charge in [-0.15, -0.1) is 0 Å². The van der Waals surface area contributed by atoms with E-state index in [1.165, 1.54) is 36.4 Å². The number of carbonyl (C=O) groups excluding carboxylic acids is 1. The lowest BCUT2D eigenvalue weighted by molar-refractivity contribution is 0.145. The minimum atomic E-state index is -0.345. The number of urea groups is 1. The maximum atomic E-state index is 13.0. The van der Waals surface area contributed by atoms with Crippen LogP contribution in [0.2, 0.25) is 0 Å². The minimum absolute atomic E-state index is 0.0438. The van der Waals surface area contributed by atoms with Crippen LogP contribution in [0.15, 0.2) is 53.1 Å². The van der Waals surface area contributed by atoms with Gasteiger partial charge in [-0.2, -0.15) is 4.98 Å². The first-order valence-electron chi connectivity index (χ1n) is 10.1. The molecule has 0 spiro atoms. The summed E-state index contributed by atoms with van der Waals surface area (Å²) in [6.07, 6.45) is 2.56. The Morgan fingerprint density at radius 2 is 1.81 bits per heavy atom. The second-order valence-corrected chi connectivity index (χ2v) is 7.28. The maximum absolute atomic E-state index is 13.0. The number of nitrogens with zero attached hydrogens (tertiary/aromatic N) is 3. The number of rotatable bonds is 6. The number of carbonyl (C=O) groups is 1. The lowest BCUT2D eigenvalue weighted by atomic mass is 10.0. The fraction of sp³-hybridized carbons (Fsp3) is 0.318. The molecule has 31 heavy (non-hydrogen) atoms. The van der Waals surface area contributed by atoms with E-state index in [2.05, 4.69) is 15.5 Å². The van der Waals surface area contributed by atoms with Crippen LogP contribution in [0.5, 0.6) is 5.75 Å². The molecule has 1 aliphatic rings. The molecule has 162 valence electrons. The lowest BCUT2D eigenvalue weighted by Crippen LogP contribution is -2.44. The molecule has 2 heterocycles. The Morgan fingerprint density at radius 3 is 2.55 bits per heavy atom. The van der Waals surface area contributed by atoms with E-state index < -0.39 is 0 Å². The van der Waals surface area contributed by atoms with Crippen molar-refractivity contribution in [1.29, 1.82) is 0 Å². The summed E-state index contributed by atoms with van der Waals surface area (Å²) >= 11 is 0. The van der Waals surface area contributed by atoms with E-state index in [-0.39, 0.29) is 36.2 Å². The predicted molar refractivity (Wildman–Crippen MR) is 107 cm³/mol. The predicted octanol–water partition coefficient (Wildman–Crippen LogP) is 4.36. The molecular formula is C22H22F2N4O3. The monoisotopic (exact) mass is 428 g/mol. The van der Waals surface area contributed by atoms with Crippen molar-refractivity contribution in [2.24, 2.45) is 0 Å². The lowest BCUT2D eigenvalue weighted by Gasteiger charge is -2.33. The molecule has 2 aromatic carbocycles. The van der Waals surface area contributed by atoms with Gasteiger partial charge in [-0.3, -0.25) is 0 Å². The first kappa shape index (κ1) is 20.8. The van der Waals surface area contributed by atoms with Gasteiger partial charge in [-0.05, 0) is 61.2 Å². The summed E-state index contributed by atoms with van der Waals surface area (Å²) in [5.41, 5.74) is 0.808. The van der Waals surface area contributed by atoms with Crippen LogP contribution in [0.3, 0.4) is 0 Å². The van der Waals surface area contributed by atoms with Gasteiger partial charge in [-0.1, -0.05) is 17.3 Å². The summed E-state index contributed by atoms with van der Waals surface area (Å²) in [7, 11) is 0. The van der Waals surface area contributed by atoms with E-state index >= 15 is 0 Å². The van der Waals surface area contributed by atoms with Gasteiger partial charge >= 0.3 is 6.03 Å². The van der Waals surface area contributed by atoms with Gasteiger partial charge in [0, 0.05) is 13.1 Å². The van der Waals surface area contributed by atoms with Gasteiger partial charge in [0.25, 0.3) is 5.89 Å². The maximum Gasteiger partial charge on any atom is 0.318 e. The number of ether oxygens (including phenoxy) is 1. The summed E-state index contributed by atoms with van der Waals surface area (Å²) in [6.45, 7) is 0.920. The zero-order valence-electron chi connectivity index (χ0n) is 16.8. The highest BCUT2D eigenvalue weighted by molar-refractivity contribution is 5.74. The van der Waals surface area contributed by atoms with Crippen molar-refractivity contribution < 1.29 is 22.8 Å². The number of amides is 2. The molecule has 0 radical (unpaired) electrons. The largest absolute Gasteiger partial charge is 0.484 e. The topological polar surface area (TPSA) is 80.5 Å². The number of hydrogen-bond donors (Lipinski definition) is 1. The average molecular weight is 428 g/mol. The molecule has 1 fully saturated rings. The molecule has 7 nitrogen and oxygen atoms in total. The quantitative estimate of drug-likeness (QED) is 0.631. The smallest absolute Gasteiger partial charge is 0.318 e. The van der Waals surface area contributed by atoms with Crippen LogP contribution in [-0.2, 0) is 13.2 Å². The van der Waals surface area contributed by atoms with E-state index in [9.17, 15) is 13.6 Å². The van der Waals surface area contributed by atoms with E-state index in [1.54, 1.807) is 17.0 Å². The fourth-order valence-electron chi connectivity index (χ4n) is 3.46. The molecular weight excluding hydrogens is 406 g/mol. The highest BCUT2D eigenvalue weighted by atomic mass is 19.1. The van der Waals surface area contributed by atoms with Crippen LogP contribution in [0.4, 0.5) is 13.6 Å². The number of likely N-dealkylation sites (tertiary alicyclic amines) is 1. The second kappa shape index (κ2) is 9.55. The Labute approximate surface area is 178 Å². The molecule has 0 unspecified atom stereocenters. The molecule has 2 amide bonds. The zero-order chi connectivity index (χ0) is 21.6. The number of nitrogens with one attached hydrogen (secondary N) is 1. The molecule has 1 saturated heterocycles. The van der Waals surface area contributed by atoms with Gasteiger partial charge < -0.3 is 19.5 Å². The molecule has 1 atom stereocenters. The van der Waals surface area contributed by atoms with Crippen LogP contribution < -0.4 is 10.1 Å². The minimum Gasteiger partial charge on any atom is -0.484 e. The summed E-state index contributed by atoms with van der Waals surface area (Å²) in [6, 6.07) is 11.1. The first-order valence-corrected chi connectivity index (χ1v) is 10.1. The standard InChI is InChI=1S/C22H22F2N4O3/c23-16-6-4-15(5-7-16)13-25-22(29)28-12-2-1-3-19(28)21-26-20(31-27-21)14-30-18-10-8-17(24)9-11-18/h4-11,19H,1-3,12-14H2,(H,25,29)/t19-/m0/s1. The number of piperidine rings is 1. The normalized spacial score (nSPS) is 16.2. The SMILES string of the molecule is O=C(NCc1ccc(F)cc1)N1CCCC[C@H]1c1noc(COc2ccc(F)cc2)n1. The number of hydrogen-bond acceptors (Lipinski definition) is 5. The van der Waals surface area contributed by atoms with Crippen molar-refractivity contribution in [1.82, 2.24) is 20.4 Å². The van der Waals surface area contributed by atoms with Gasteiger partial charge in [0.15, 0.2) is 12.4 Å². The van der Waals surface area contributed by atoms with Crippen LogP contribution >= 0.6 is 0 Å². The Balaban J connectivity index is 1.37. The van der Waals surface area contributed by atoms with E-state index in [0.29, 0.717) is 24.7 Å². The van der Waals surface area contributed by atoms with Crippen molar-refractivity contribution in [2.45, 2.75) is 38.5 Å². The number of halogens is 2. The van der Waals surface area contributed by atoms with E-state index in [1.807, 2.05) is 0 Å². The van der Waals surface area contributed by atoms with Crippen LogP contribution in [0.25, 0.3) is 0 Å². The molecule has 0 bridgehead atoms. The molecule has 0 saturated carbocycles. The fourth-order valence-corrected chi connectivity index (χ4v) is 3.46. The van der Waals surface area contributed by atoms with Crippen molar-refractivity contribution in [3.05, 3.63) is 77.4 Å². The van der Waals surface area contributed by atoms with Crippen molar-refractivity contribution in [3.8, 4) is 5.75 Å². The molecule has 1 N–H and O–H groups in total. The Bertz CT molecular complexity index is 1010. The first-order chi connectivity index (χ1) is 15.1. The van der Waals surface area contributed by atoms with E-state index in [0.717, 1.165) is 24.8 Å². The third-order valence-electron chi connectivity index (χ3n) is 5.08. The average Bonchev–Trinajstić information content (AvgIpc) is 3.27. The summed E-state index contributed by atoms with van der Waals surface area (Å²) in [5, 5.41) is 6.91. The molecule has 4 rings (SSSR count). The molecule has 1 aliphatic heterocycles. The highest BCUT2D eigenvalue weighted by Crippen LogP contribution is 2.29. The third-order valence-corrected chi connectivity index (χ3v) is 5.08. The highest BCUT2D eigenvalue weighted by Gasteiger charge is 2.31. The van der Waals surface area contributed by atoms with E-state index in [4.69, 9.17) is 9.26 Å². The van der Waals surface area contributed by atoms with Crippen molar-refractivity contribution >= 4 is 6.03 Å². The van der Waals surface area contributed by atoms with Crippen LogP contribution in [0, 0.1) is 11.6 Å². The molecule has 9 heteroatoms. The summed E-state index contributed by atoms with van der Waals surface area (Å²) < 4.78 is 36.8. The Hall–Kier alpha value is -3.49. The molecule has 1 aromatic heterocycles. The van der Waals surface area contributed by atoms with Crippen molar-refractivity contribution in [3.63, 3.8) is 0 Å². The Morgan fingerprint density at radius 1 is 1.10 bits per heavy atom. The van der Waals surface area contributed by atoms with Crippen LogP contribution in [-0.4, -0.2) is 27.6 Å². The number of aromatic nitrogens is 2. The Kier molecular flexibility index (Phi) is 6.40. The summed E-state index contributed by atoms with van der Waals surface area (Å²) in [4.78, 5) is 18.9. The third kappa shape index (κ3) is 5.36. The van der Waals surface area contributed by atoms with Gasteiger partial charge in [0.05, 0.1) is 6.04 Å². The van der Waals surface area contributed by atoms with Gasteiger partial charge in [-0.25, -0.2) is 13.6 Å². The van der Waals surface area contributed by atoms with Crippen LogP contribution in [0.1, 0.15) is 42.6 Å². The molecule has 0 aliphatic carbocycles. The second-order valence-electron chi connectivity index (χ2n) is 7.28. The van der Waals surface area contributed by atoms with Gasteiger partial charge in [0.1, 0.15) is 17.4 Å². The van der Waals surface area contributed by atoms with Crippen molar-refractivity contribution in [2.75, 3.05) is 6.54 Å². The number of benzene rings is 2. The summed E-state index contributed by atoms with van der Waals surface area (Å²) in [5.74, 6) is 0.525.